The highest BCUT2D eigenvalue weighted by molar-refractivity contribution is 7.92. The lowest BCUT2D eigenvalue weighted by Gasteiger charge is -2.33. The molecule has 0 unspecified atom stereocenters. The van der Waals surface area contributed by atoms with Crippen LogP contribution in [0.1, 0.15) is 32.8 Å². The van der Waals surface area contributed by atoms with E-state index in [0.29, 0.717) is 18.7 Å². The van der Waals surface area contributed by atoms with Crippen LogP contribution in [0.2, 0.25) is 10.0 Å². The molecule has 198 valence electrons. The van der Waals surface area contributed by atoms with Gasteiger partial charge in [-0.05, 0) is 48.2 Å². The molecule has 1 atom stereocenters. The van der Waals surface area contributed by atoms with Gasteiger partial charge >= 0.3 is 0 Å². The molecule has 0 fully saturated rings. The highest BCUT2D eigenvalue weighted by atomic mass is 35.5. The summed E-state index contributed by atoms with van der Waals surface area (Å²) in [5, 5.41) is 3.34. The van der Waals surface area contributed by atoms with Crippen molar-refractivity contribution in [2.75, 3.05) is 30.8 Å². The molecule has 2 aromatic carbocycles. The minimum absolute atomic E-state index is 0.0809. The zero-order valence-electron chi connectivity index (χ0n) is 21.1. The molecule has 0 radical (unpaired) electrons. The van der Waals surface area contributed by atoms with Crippen molar-refractivity contribution in [3.8, 4) is 5.75 Å². The Balaban J connectivity index is 2.47. The van der Waals surface area contributed by atoms with Crippen molar-refractivity contribution < 1.29 is 22.7 Å². The van der Waals surface area contributed by atoms with E-state index in [9.17, 15) is 18.0 Å². The fraction of sp³-hybridized carbons (Fsp3) is 0.440. The lowest BCUT2D eigenvalue weighted by atomic mass is 10.1. The maximum absolute atomic E-state index is 13.7. The van der Waals surface area contributed by atoms with E-state index < -0.39 is 28.5 Å². The number of anilines is 1. The SMILES string of the molecule is CC[C@H](C(=O)NCC(C)C)N(Cc1cccc(OC)c1)C(=O)CN(c1cc(Cl)cc(Cl)c1)S(C)(=O)=O. The zero-order chi connectivity index (χ0) is 27.0. The van der Waals surface area contributed by atoms with E-state index >= 15 is 0 Å². The van der Waals surface area contributed by atoms with Crippen molar-refractivity contribution >= 4 is 50.7 Å². The molecule has 36 heavy (non-hydrogen) atoms. The first kappa shape index (κ1) is 29.7. The summed E-state index contributed by atoms with van der Waals surface area (Å²) in [7, 11) is -2.35. The number of nitrogens with one attached hydrogen (secondary N) is 1. The Bertz CT molecular complexity index is 1150. The van der Waals surface area contributed by atoms with Crippen molar-refractivity contribution in [1.82, 2.24) is 10.2 Å². The van der Waals surface area contributed by atoms with E-state index in [0.717, 1.165) is 16.1 Å². The summed E-state index contributed by atoms with van der Waals surface area (Å²) in [5.74, 6) is -0.0316. The quantitative estimate of drug-likeness (QED) is 0.418. The molecule has 2 rings (SSSR count). The standard InChI is InChI=1S/C25H33Cl2N3O5S/c1-6-23(25(32)28-14-17(2)3)29(15-18-8-7-9-22(10-18)35-4)24(31)16-30(36(5,33)34)21-12-19(26)11-20(27)13-21/h7-13,17,23H,6,14-16H2,1-5H3,(H,28,32)/t23-/m1/s1. The van der Waals surface area contributed by atoms with Gasteiger partial charge in [0.1, 0.15) is 18.3 Å². The second kappa shape index (κ2) is 13.2. The van der Waals surface area contributed by atoms with E-state index in [-0.39, 0.29) is 34.1 Å². The number of carbonyl (C=O) groups excluding carboxylic acids is 2. The molecule has 1 N–H and O–H groups in total. The molecule has 0 spiro atoms. The topological polar surface area (TPSA) is 96.0 Å². The summed E-state index contributed by atoms with van der Waals surface area (Å²) in [6.45, 7) is 5.75. The van der Waals surface area contributed by atoms with Crippen LogP contribution in [0.5, 0.6) is 5.75 Å². The number of ether oxygens (including phenoxy) is 1. The van der Waals surface area contributed by atoms with Gasteiger partial charge in [0.15, 0.2) is 0 Å². The van der Waals surface area contributed by atoms with Crippen molar-refractivity contribution in [3.63, 3.8) is 0 Å². The number of halogens is 2. The van der Waals surface area contributed by atoms with Crippen LogP contribution in [-0.4, -0.2) is 57.6 Å². The summed E-state index contributed by atoms with van der Waals surface area (Å²) < 4.78 is 31.6. The zero-order valence-corrected chi connectivity index (χ0v) is 23.5. The number of benzene rings is 2. The largest absolute Gasteiger partial charge is 0.497 e. The molecule has 0 saturated heterocycles. The van der Waals surface area contributed by atoms with Gasteiger partial charge in [-0.25, -0.2) is 8.42 Å². The Morgan fingerprint density at radius 3 is 2.25 bits per heavy atom. The maximum Gasteiger partial charge on any atom is 0.244 e. The fourth-order valence-corrected chi connectivity index (χ4v) is 4.95. The second-order valence-corrected chi connectivity index (χ2v) is 11.6. The van der Waals surface area contributed by atoms with Gasteiger partial charge in [-0.3, -0.25) is 13.9 Å². The average molecular weight is 559 g/mol. The van der Waals surface area contributed by atoms with Crippen LogP contribution >= 0.6 is 23.2 Å². The summed E-state index contributed by atoms with van der Waals surface area (Å²) >= 11 is 12.2. The van der Waals surface area contributed by atoms with E-state index in [1.54, 1.807) is 25.1 Å². The molecule has 0 aliphatic heterocycles. The Labute approximate surface area is 223 Å². The number of amides is 2. The molecular weight excluding hydrogens is 525 g/mol. The monoisotopic (exact) mass is 557 g/mol. The van der Waals surface area contributed by atoms with Crippen molar-refractivity contribution in [2.45, 2.75) is 39.8 Å². The van der Waals surface area contributed by atoms with Gasteiger partial charge in [0.25, 0.3) is 0 Å². The number of nitrogens with zero attached hydrogens (tertiary/aromatic N) is 2. The van der Waals surface area contributed by atoms with Gasteiger partial charge in [0.2, 0.25) is 21.8 Å². The Morgan fingerprint density at radius 2 is 1.72 bits per heavy atom. The van der Waals surface area contributed by atoms with Crippen molar-refractivity contribution in [2.24, 2.45) is 5.92 Å². The number of methoxy groups -OCH3 is 1. The van der Waals surface area contributed by atoms with Crippen LogP contribution in [0, 0.1) is 5.92 Å². The van der Waals surface area contributed by atoms with Crippen molar-refractivity contribution in [3.05, 3.63) is 58.1 Å². The van der Waals surface area contributed by atoms with Crippen LogP contribution in [0.25, 0.3) is 0 Å². The minimum atomic E-state index is -3.89. The smallest absolute Gasteiger partial charge is 0.244 e. The summed E-state index contributed by atoms with van der Waals surface area (Å²) in [6.07, 6.45) is 1.33. The maximum atomic E-state index is 13.7. The molecule has 0 aliphatic rings. The van der Waals surface area contributed by atoms with Crippen LogP contribution in [0.15, 0.2) is 42.5 Å². The van der Waals surface area contributed by atoms with Crippen LogP contribution in [0.4, 0.5) is 5.69 Å². The molecule has 0 aliphatic carbocycles. The highest BCUT2D eigenvalue weighted by Crippen LogP contribution is 2.27. The lowest BCUT2D eigenvalue weighted by Crippen LogP contribution is -2.52. The first-order chi connectivity index (χ1) is 16.8. The summed E-state index contributed by atoms with van der Waals surface area (Å²) in [4.78, 5) is 28.2. The second-order valence-electron chi connectivity index (χ2n) is 8.83. The highest BCUT2D eigenvalue weighted by Gasteiger charge is 2.32. The average Bonchev–Trinajstić information content (AvgIpc) is 2.79. The first-order valence-electron chi connectivity index (χ1n) is 11.5. The van der Waals surface area contributed by atoms with Gasteiger partial charge in [0.05, 0.1) is 19.1 Å². The van der Waals surface area contributed by atoms with Gasteiger partial charge < -0.3 is 15.0 Å². The lowest BCUT2D eigenvalue weighted by molar-refractivity contribution is -0.140. The molecule has 0 heterocycles. The number of sulfonamides is 1. The van der Waals surface area contributed by atoms with Gasteiger partial charge in [0, 0.05) is 23.1 Å². The van der Waals surface area contributed by atoms with E-state index in [4.69, 9.17) is 27.9 Å². The van der Waals surface area contributed by atoms with E-state index in [1.807, 2.05) is 19.9 Å². The third-order valence-corrected chi connectivity index (χ3v) is 6.95. The number of carbonyl (C=O) groups is 2. The van der Waals surface area contributed by atoms with Gasteiger partial charge in [-0.1, -0.05) is 56.1 Å². The fourth-order valence-electron chi connectivity index (χ4n) is 3.61. The Kier molecular flexibility index (Phi) is 10.9. The Hall–Kier alpha value is -2.49. The number of hydrogen-bond acceptors (Lipinski definition) is 5. The molecule has 8 nitrogen and oxygen atoms in total. The molecule has 0 saturated carbocycles. The first-order valence-corrected chi connectivity index (χ1v) is 14.1. The summed E-state index contributed by atoms with van der Waals surface area (Å²) in [6, 6.07) is 10.6. The van der Waals surface area contributed by atoms with E-state index in [1.165, 1.54) is 30.2 Å². The third kappa shape index (κ3) is 8.57. The molecular formula is C25H33Cl2N3O5S. The summed E-state index contributed by atoms with van der Waals surface area (Å²) in [5.41, 5.74) is 0.886. The molecule has 2 aromatic rings. The van der Waals surface area contributed by atoms with Crippen LogP contribution in [-0.2, 0) is 26.2 Å². The van der Waals surface area contributed by atoms with Crippen molar-refractivity contribution in [1.29, 1.82) is 0 Å². The van der Waals surface area contributed by atoms with E-state index in [2.05, 4.69) is 5.32 Å². The van der Waals surface area contributed by atoms with Gasteiger partial charge in [-0.15, -0.1) is 0 Å². The normalized spacial score (nSPS) is 12.2. The molecule has 0 bridgehead atoms. The Morgan fingerprint density at radius 1 is 1.08 bits per heavy atom. The molecule has 2 amide bonds. The number of hydrogen-bond donors (Lipinski definition) is 1. The predicted molar refractivity (Wildman–Crippen MR) is 144 cm³/mol. The van der Waals surface area contributed by atoms with Gasteiger partial charge in [-0.2, -0.15) is 0 Å². The van der Waals surface area contributed by atoms with Crippen LogP contribution in [0.3, 0.4) is 0 Å². The minimum Gasteiger partial charge on any atom is -0.497 e. The molecule has 0 aromatic heterocycles. The third-order valence-electron chi connectivity index (χ3n) is 5.37. The molecule has 11 heteroatoms. The number of rotatable bonds is 12. The van der Waals surface area contributed by atoms with Crippen LogP contribution < -0.4 is 14.4 Å². The predicted octanol–water partition coefficient (Wildman–Crippen LogP) is 4.35.